The molecule has 192 valence electrons. The number of rotatable bonds is 8. The van der Waals surface area contributed by atoms with Crippen molar-refractivity contribution in [3.8, 4) is 5.75 Å². The van der Waals surface area contributed by atoms with Gasteiger partial charge in [-0.05, 0) is 30.7 Å². The van der Waals surface area contributed by atoms with E-state index in [-0.39, 0.29) is 34.0 Å². The highest BCUT2D eigenvalue weighted by Gasteiger charge is 2.35. The van der Waals surface area contributed by atoms with E-state index in [2.05, 4.69) is 4.99 Å². The summed E-state index contributed by atoms with van der Waals surface area (Å²) >= 11 is 7.03. The summed E-state index contributed by atoms with van der Waals surface area (Å²) in [6.07, 6.45) is 1.53. The Morgan fingerprint density at radius 2 is 2.00 bits per heavy atom. The van der Waals surface area contributed by atoms with Crippen LogP contribution >= 0.6 is 22.9 Å². The Morgan fingerprint density at radius 1 is 1.24 bits per heavy atom. The lowest BCUT2D eigenvalue weighted by Gasteiger charge is -2.26. The average Bonchev–Trinajstić information content (AvgIpc) is 3.18. The fourth-order valence-electron chi connectivity index (χ4n) is 3.98. The Bertz CT molecular complexity index is 1590. The van der Waals surface area contributed by atoms with Gasteiger partial charge in [0.25, 0.3) is 11.2 Å². The topological polar surface area (TPSA) is 122 Å². The molecule has 12 heteroatoms. The third-order valence-corrected chi connectivity index (χ3v) is 6.96. The second-order valence-corrected chi connectivity index (χ2v) is 9.34. The van der Waals surface area contributed by atoms with Gasteiger partial charge in [0.2, 0.25) is 0 Å². The zero-order chi connectivity index (χ0) is 26.7. The molecule has 0 bridgehead atoms. The number of halogens is 1. The first-order valence-electron chi connectivity index (χ1n) is 11.0. The van der Waals surface area contributed by atoms with Gasteiger partial charge in [0, 0.05) is 18.7 Å². The number of nitro benzene ring substituents is 1. The molecule has 1 unspecified atom stereocenters. The van der Waals surface area contributed by atoms with E-state index in [0.717, 1.165) is 11.3 Å². The van der Waals surface area contributed by atoms with E-state index in [9.17, 15) is 19.7 Å². The maximum absolute atomic E-state index is 13.7. The van der Waals surface area contributed by atoms with Gasteiger partial charge >= 0.3 is 5.97 Å². The summed E-state index contributed by atoms with van der Waals surface area (Å²) in [4.78, 5) is 42.5. The second kappa shape index (κ2) is 11.1. The fraction of sp³-hybridized carbons (Fsp3) is 0.240. The first-order chi connectivity index (χ1) is 17.8. The monoisotopic (exact) mass is 543 g/mol. The van der Waals surface area contributed by atoms with Gasteiger partial charge in [0.15, 0.2) is 4.80 Å². The van der Waals surface area contributed by atoms with Crippen molar-refractivity contribution in [1.29, 1.82) is 0 Å². The quantitative estimate of drug-likeness (QED) is 0.185. The van der Waals surface area contributed by atoms with Gasteiger partial charge in [-0.2, -0.15) is 0 Å². The summed E-state index contributed by atoms with van der Waals surface area (Å²) in [5.41, 5.74) is 0.895. The van der Waals surface area contributed by atoms with Crippen molar-refractivity contribution < 1.29 is 23.9 Å². The summed E-state index contributed by atoms with van der Waals surface area (Å²) < 4.78 is 17.6. The molecule has 10 nitrogen and oxygen atoms in total. The van der Waals surface area contributed by atoms with Crippen LogP contribution in [0.1, 0.15) is 24.1 Å². The van der Waals surface area contributed by atoms with Crippen LogP contribution in [-0.4, -0.2) is 42.9 Å². The molecule has 1 aromatic heterocycles. The number of para-hydroxylation sites is 1. The molecule has 0 amide bonds. The van der Waals surface area contributed by atoms with Gasteiger partial charge in [-0.15, -0.1) is 0 Å². The molecule has 1 aliphatic heterocycles. The van der Waals surface area contributed by atoms with Crippen LogP contribution < -0.4 is 19.6 Å². The molecule has 0 aliphatic carbocycles. The zero-order valence-electron chi connectivity index (χ0n) is 20.1. The molecule has 1 atom stereocenters. The molecule has 0 spiro atoms. The molecule has 1 aliphatic rings. The van der Waals surface area contributed by atoms with E-state index in [1.54, 1.807) is 37.3 Å². The van der Waals surface area contributed by atoms with Crippen LogP contribution in [0.4, 0.5) is 5.69 Å². The average molecular weight is 544 g/mol. The summed E-state index contributed by atoms with van der Waals surface area (Å²) in [7, 11) is 3.00. The molecule has 0 radical (unpaired) electrons. The molecule has 0 N–H and O–H groups in total. The molecular formula is C25H22ClN3O7S. The SMILES string of the molecule is COCCOC(=O)C1=C(C)N=c2sc(=Cc3ccc(Cl)c([N+](=O)[O-])c3)c(=O)n2C1c1ccccc1OC. The van der Waals surface area contributed by atoms with Crippen LogP contribution in [0.3, 0.4) is 0 Å². The molecule has 0 fully saturated rings. The smallest absolute Gasteiger partial charge is 0.338 e. The maximum atomic E-state index is 13.7. The number of aromatic nitrogens is 1. The largest absolute Gasteiger partial charge is 0.496 e. The van der Waals surface area contributed by atoms with Crippen LogP contribution in [0.2, 0.25) is 5.02 Å². The van der Waals surface area contributed by atoms with Crippen LogP contribution in [0, 0.1) is 10.1 Å². The van der Waals surface area contributed by atoms with Gasteiger partial charge in [-0.1, -0.05) is 47.2 Å². The van der Waals surface area contributed by atoms with E-state index in [1.807, 2.05) is 0 Å². The van der Waals surface area contributed by atoms with E-state index in [1.165, 1.54) is 37.0 Å². The highest BCUT2D eigenvalue weighted by Crippen LogP contribution is 2.35. The van der Waals surface area contributed by atoms with Crippen molar-refractivity contribution in [2.24, 2.45) is 4.99 Å². The normalized spacial score (nSPS) is 15.2. The standard InChI is InChI=1S/C25H22ClN3O7S/c1-14-21(24(31)36-11-10-34-2)22(16-6-4-5-7-19(16)35-3)28-23(30)20(37-25(28)27-14)13-15-8-9-17(26)18(12-15)29(32)33/h4-9,12-13,22H,10-11H2,1-3H3. The number of nitrogens with zero attached hydrogens (tertiary/aromatic N) is 3. The Kier molecular flexibility index (Phi) is 7.86. The Morgan fingerprint density at radius 3 is 2.70 bits per heavy atom. The van der Waals surface area contributed by atoms with Crippen LogP contribution in [-0.2, 0) is 14.3 Å². The van der Waals surface area contributed by atoms with E-state index in [4.69, 9.17) is 25.8 Å². The number of hydrogen-bond donors (Lipinski definition) is 0. The molecule has 37 heavy (non-hydrogen) atoms. The number of esters is 1. The van der Waals surface area contributed by atoms with Gasteiger partial charge < -0.3 is 14.2 Å². The van der Waals surface area contributed by atoms with Crippen molar-refractivity contribution >= 4 is 40.7 Å². The number of methoxy groups -OCH3 is 2. The van der Waals surface area contributed by atoms with Crippen molar-refractivity contribution in [3.63, 3.8) is 0 Å². The van der Waals surface area contributed by atoms with Crippen LogP contribution in [0.5, 0.6) is 5.75 Å². The minimum absolute atomic E-state index is 0.00738. The zero-order valence-corrected chi connectivity index (χ0v) is 21.7. The van der Waals surface area contributed by atoms with Crippen molar-refractivity contribution in [2.45, 2.75) is 13.0 Å². The highest BCUT2D eigenvalue weighted by atomic mass is 35.5. The minimum atomic E-state index is -0.871. The number of fused-ring (bicyclic) bond motifs is 1. The number of nitro groups is 1. The van der Waals surface area contributed by atoms with Crippen LogP contribution in [0.15, 0.2) is 63.5 Å². The molecule has 4 rings (SSSR count). The lowest BCUT2D eigenvalue weighted by molar-refractivity contribution is -0.384. The van der Waals surface area contributed by atoms with Gasteiger partial charge in [-0.25, -0.2) is 9.79 Å². The molecule has 0 saturated carbocycles. The predicted molar refractivity (Wildman–Crippen MR) is 138 cm³/mol. The number of allylic oxidation sites excluding steroid dienone is 1. The maximum Gasteiger partial charge on any atom is 0.338 e. The number of benzene rings is 2. The van der Waals surface area contributed by atoms with Crippen molar-refractivity contribution in [1.82, 2.24) is 4.57 Å². The first-order valence-corrected chi connectivity index (χ1v) is 12.2. The Labute approximate surface area is 219 Å². The molecule has 0 saturated heterocycles. The first kappa shape index (κ1) is 26.3. The van der Waals surface area contributed by atoms with E-state index >= 15 is 0 Å². The number of hydrogen-bond acceptors (Lipinski definition) is 9. The van der Waals surface area contributed by atoms with Gasteiger partial charge in [0.05, 0.1) is 34.4 Å². The molecular weight excluding hydrogens is 522 g/mol. The van der Waals surface area contributed by atoms with Gasteiger partial charge in [-0.3, -0.25) is 19.5 Å². The molecule has 3 aromatic rings. The summed E-state index contributed by atoms with van der Waals surface area (Å²) in [5.74, 6) is -0.149. The fourth-order valence-corrected chi connectivity index (χ4v) is 5.21. The molecule has 2 heterocycles. The summed E-state index contributed by atoms with van der Waals surface area (Å²) in [6.45, 7) is 1.92. The Balaban J connectivity index is 1.92. The van der Waals surface area contributed by atoms with E-state index < -0.39 is 22.5 Å². The number of ether oxygens (including phenoxy) is 3. The summed E-state index contributed by atoms with van der Waals surface area (Å²) in [5, 5.41) is 11.3. The number of carbonyl (C=O) groups excluding carboxylic acids is 1. The van der Waals surface area contributed by atoms with E-state index in [0.29, 0.717) is 27.4 Å². The van der Waals surface area contributed by atoms with Crippen molar-refractivity contribution in [2.75, 3.05) is 27.4 Å². The number of carbonyl (C=O) groups is 1. The lowest BCUT2D eigenvalue weighted by Crippen LogP contribution is -2.40. The van der Waals surface area contributed by atoms with Gasteiger partial charge in [0.1, 0.15) is 23.4 Å². The minimum Gasteiger partial charge on any atom is -0.496 e. The predicted octanol–water partition coefficient (Wildman–Crippen LogP) is 3.00. The third kappa shape index (κ3) is 5.19. The Hall–Kier alpha value is -3.80. The number of thiazole rings is 1. The third-order valence-electron chi connectivity index (χ3n) is 5.66. The van der Waals surface area contributed by atoms with Crippen LogP contribution in [0.25, 0.3) is 6.08 Å². The molecule has 2 aromatic carbocycles. The second-order valence-electron chi connectivity index (χ2n) is 7.92. The lowest BCUT2D eigenvalue weighted by atomic mass is 9.95. The highest BCUT2D eigenvalue weighted by molar-refractivity contribution is 7.07. The summed E-state index contributed by atoms with van der Waals surface area (Å²) in [6, 6.07) is 10.5. The van der Waals surface area contributed by atoms with Crippen molar-refractivity contribution in [3.05, 3.63) is 99.7 Å².